The Morgan fingerprint density at radius 3 is 2.65 bits per heavy atom. The standard InChI is InChI=1S/C26H35ClO7/c1-15-5-10-20-16(2)23(31-24-26(20)19(15)13-14-25(3,32-24)33-34-26)30-21(11-12-22(28)29-4)17-6-8-18(27)9-7-17/h6-9,15-16,19-21,23-24H,5,10-14H2,1-4H3/t15-,16-,19+,20+,21?,23?,24-,25+,26-/m1/s1. The third kappa shape index (κ3) is 4.18. The van der Waals surface area contributed by atoms with Gasteiger partial charge in [0.1, 0.15) is 0 Å². The fourth-order valence-electron chi connectivity index (χ4n) is 6.53. The third-order valence-electron chi connectivity index (χ3n) is 8.48. The first kappa shape index (κ1) is 24.5. The highest BCUT2D eigenvalue weighted by molar-refractivity contribution is 6.30. The summed E-state index contributed by atoms with van der Waals surface area (Å²) in [5, 5.41) is 0.648. The highest BCUT2D eigenvalue weighted by Gasteiger charge is 2.69. The van der Waals surface area contributed by atoms with E-state index >= 15 is 0 Å². The van der Waals surface area contributed by atoms with Crippen LogP contribution < -0.4 is 0 Å². The van der Waals surface area contributed by atoms with Crippen molar-refractivity contribution < 1.29 is 33.5 Å². The van der Waals surface area contributed by atoms with Crippen molar-refractivity contribution >= 4 is 17.6 Å². The zero-order valence-corrected chi connectivity index (χ0v) is 21.1. The summed E-state index contributed by atoms with van der Waals surface area (Å²) in [6.07, 6.45) is 3.15. The van der Waals surface area contributed by atoms with Crippen molar-refractivity contribution in [2.24, 2.45) is 23.7 Å². The van der Waals surface area contributed by atoms with Crippen LogP contribution in [-0.4, -0.2) is 37.0 Å². The molecule has 2 unspecified atom stereocenters. The summed E-state index contributed by atoms with van der Waals surface area (Å²) >= 11 is 6.11. The lowest BCUT2D eigenvalue weighted by atomic mass is 9.58. The van der Waals surface area contributed by atoms with E-state index in [0.717, 1.165) is 31.2 Å². The van der Waals surface area contributed by atoms with Crippen LogP contribution in [-0.2, 0) is 33.5 Å². The smallest absolute Gasteiger partial charge is 0.305 e. The topological polar surface area (TPSA) is 72.5 Å². The Hall–Kier alpha value is -1.22. The molecule has 1 spiro atoms. The maximum absolute atomic E-state index is 11.9. The van der Waals surface area contributed by atoms with Gasteiger partial charge in [-0.05, 0) is 62.1 Å². The van der Waals surface area contributed by atoms with E-state index in [1.807, 2.05) is 31.2 Å². The third-order valence-corrected chi connectivity index (χ3v) is 8.73. The summed E-state index contributed by atoms with van der Waals surface area (Å²) in [6.45, 7) is 6.38. The van der Waals surface area contributed by atoms with Crippen LogP contribution >= 0.6 is 11.6 Å². The van der Waals surface area contributed by atoms with Gasteiger partial charge in [0.25, 0.3) is 0 Å². The molecule has 4 saturated heterocycles. The summed E-state index contributed by atoms with van der Waals surface area (Å²) in [5.74, 6) is -0.0771. The predicted molar refractivity (Wildman–Crippen MR) is 123 cm³/mol. The summed E-state index contributed by atoms with van der Waals surface area (Å²) in [6, 6.07) is 7.52. The van der Waals surface area contributed by atoms with Gasteiger partial charge < -0.3 is 18.9 Å². The highest BCUT2D eigenvalue weighted by atomic mass is 35.5. The van der Waals surface area contributed by atoms with Gasteiger partial charge in [-0.15, -0.1) is 0 Å². The van der Waals surface area contributed by atoms with Gasteiger partial charge in [-0.2, -0.15) is 0 Å². The maximum Gasteiger partial charge on any atom is 0.305 e. The minimum Gasteiger partial charge on any atom is -0.469 e. The number of hydrogen-bond acceptors (Lipinski definition) is 7. The first-order chi connectivity index (χ1) is 16.3. The van der Waals surface area contributed by atoms with Crippen LogP contribution in [0.1, 0.15) is 71.0 Å². The molecule has 0 amide bonds. The molecule has 1 aromatic carbocycles. The van der Waals surface area contributed by atoms with E-state index in [2.05, 4.69) is 13.8 Å². The van der Waals surface area contributed by atoms with E-state index in [1.165, 1.54) is 7.11 Å². The second kappa shape index (κ2) is 9.34. The molecule has 4 aliphatic heterocycles. The molecule has 7 nitrogen and oxygen atoms in total. The van der Waals surface area contributed by atoms with E-state index in [-0.39, 0.29) is 30.3 Å². The van der Waals surface area contributed by atoms with E-state index in [4.69, 9.17) is 40.3 Å². The number of carbonyl (C=O) groups excluding carboxylic acids is 1. The summed E-state index contributed by atoms with van der Waals surface area (Å²) in [7, 11) is 1.40. The van der Waals surface area contributed by atoms with E-state index < -0.39 is 24.0 Å². The lowest BCUT2D eigenvalue weighted by molar-refractivity contribution is -0.578. The number of fused-ring (bicyclic) bond motifs is 2. The molecule has 0 N–H and O–H groups in total. The number of benzene rings is 1. The average Bonchev–Trinajstić information content (AvgIpc) is 3.06. The van der Waals surface area contributed by atoms with Crippen LogP contribution in [0.15, 0.2) is 24.3 Å². The maximum atomic E-state index is 11.9. The SMILES string of the molecule is COC(=O)CCC(OC1O[C@@H]2O[C@]3(C)CC[C@H]4[C@H](C)CC[C@@H]([C@H]1C)[C@@]24OO3)c1ccc(Cl)cc1. The Labute approximate surface area is 206 Å². The van der Waals surface area contributed by atoms with Crippen LogP contribution in [0.25, 0.3) is 0 Å². The van der Waals surface area contributed by atoms with Gasteiger partial charge in [-0.1, -0.05) is 37.6 Å². The molecule has 9 atom stereocenters. The fraction of sp³-hybridized carbons (Fsp3) is 0.731. The number of esters is 1. The van der Waals surface area contributed by atoms with Crippen molar-refractivity contribution in [2.45, 2.75) is 89.4 Å². The lowest BCUT2D eigenvalue weighted by Crippen LogP contribution is -2.70. The second-order valence-electron chi connectivity index (χ2n) is 10.6. The fourth-order valence-corrected chi connectivity index (χ4v) is 6.66. The van der Waals surface area contributed by atoms with Crippen LogP contribution in [0.3, 0.4) is 0 Å². The molecule has 4 heterocycles. The van der Waals surface area contributed by atoms with Gasteiger partial charge in [-0.25, -0.2) is 9.78 Å². The minimum atomic E-state index is -0.830. The van der Waals surface area contributed by atoms with Gasteiger partial charge in [0, 0.05) is 29.7 Å². The molecule has 5 fully saturated rings. The van der Waals surface area contributed by atoms with Crippen LogP contribution in [0, 0.1) is 23.7 Å². The molecule has 2 bridgehead atoms. The molecule has 1 saturated carbocycles. The zero-order valence-electron chi connectivity index (χ0n) is 20.3. The Balaban J connectivity index is 1.42. The second-order valence-corrected chi connectivity index (χ2v) is 11.0. The van der Waals surface area contributed by atoms with Crippen molar-refractivity contribution in [2.75, 3.05) is 7.11 Å². The minimum absolute atomic E-state index is 0.0498. The van der Waals surface area contributed by atoms with Gasteiger partial charge >= 0.3 is 5.97 Å². The molecule has 6 rings (SSSR count). The molecule has 8 heteroatoms. The molecule has 5 aliphatic rings. The largest absolute Gasteiger partial charge is 0.469 e. The lowest BCUT2D eigenvalue weighted by Gasteiger charge is -2.60. The Bertz CT molecular complexity index is 894. The number of halogens is 1. The van der Waals surface area contributed by atoms with E-state index in [1.54, 1.807) is 0 Å². The monoisotopic (exact) mass is 494 g/mol. The van der Waals surface area contributed by atoms with E-state index in [0.29, 0.717) is 23.3 Å². The predicted octanol–water partition coefficient (Wildman–Crippen LogP) is 5.56. The molecule has 1 aromatic rings. The molecule has 1 aliphatic carbocycles. The zero-order chi connectivity index (χ0) is 24.1. The molecular weight excluding hydrogens is 460 g/mol. The first-order valence-electron chi connectivity index (χ1n) is 12.4. The van der Waals surface area contributed by atoms with Crippen molar-refractivity contribution in [1.82, 2.24) is 0 Å². The molecule has 188 valence electrons. The number of methoxy groups -OCH3 is 1. The van der Waals surface area contributed by atoms with Gasteiger partial charge in [-0.3, -0.25) is 4.79 Å². The Morgan fingerprint density at radius 1 is 1.15 bits per heavy atom. The summed E-state index contributed by atoms with van der Waals surface area (Å²) in [4.78, 5) is 24.0. The number of carbonyl (C=O) groups is 1. The quantitative estimate of drug-likeness (QED) is 0.378. The number of ether oxygens (including phenoxy) is 4. The molecule has 0 radical (unpaired) electrons. The van der Waals surface area contributed by atoms with E-state index in [9.17, 15) is 4.79 Å². The van der Waals surface area contributed by atoms with Crippen molar-refractivity contribution in [1.29, 1.82) is 0 Å². The molecule has 34 heavy (non-hydrogen) atoms. The molecule has 0 aromatic heterocycles. The van der Waals surface area contributed by atoms with Crippen molar-refractivity contribution in [3.05, 3.63) is 34.9 Å². The van der Waals surface area contributed by atoms with Gasteiger partial charge in [0.2, 0.25) is 5.79 Å². The van der Waals surface area contributed by atoms with Gasteiger partial charge in [0.05, 0.1) is 13.2 Å². The summed E-state index contributed by atoms with van der Waals surface area (Å²) < 4.78 is 24.5. The highest BCUT2D eigenvalue weighted by Crippen LogP contribution is 2.60. The molecular formula is C26H35ClO7. The van der Waals surface area contributed by atoms with Crippen molar-refractivity contribution in [3.63, 3.8) is 0 Å². The first-order valence-corrected chi connectivity index (χ1v) is 12.8. The van der Waals surface area contributed by atoms with Gasteiger partial charge in [0.15, 0.2) is 18.2 Å². The number of hydrogen-bond donors (Lipinski definition) is 0. The van der Waals surface area contributed by atoms with Crippen LogP contribution in [0.4, 0.5) is 0 Å². The van der Waals surface area contributed by atoms with Crippen molar-refractivity contribution in [3.8, 4) is 0 Å². The normalized spacial score (nSPS) is 41.9. The Kier molecular flexibility index (Phi) is 6.72. The van der Waals surface area contributed by atoms with Crippen LogP contribution in [0.5, 0.6) is 0 Å². The van der Waals surface area contributed by atoms with Crippen LogP contribution in [0.2, 0.25) is 5.02 Å². The Morgan fingerprint density at radius 2 is 1.91 bits per heavy atom. The number of rotatable bonds is 6. The average molecular weight is 495 g/mol. The summed E-state index contributed by atoms with van der Waals surface area (Å²) in [5.41, 5.74) is 0.309.